The molecule has 17 heavy (non-hydrogen) atoms. The first kappa shape index (κ1) is 12.4. The average molecular weight is 255 g/mol. The first-order valence-electron chi connectivity index (χ1n) is 5.72. The average Bonchev–Trinajstić information content (AvgIpc) is 2.81. The number of ether oxygens (including phenoxy) is 1. The number of hydrogen-bond acceptors (Lipinski definition) is 2. The predicted molar refractivity (Wildman–Crippen MR) is 65.2 cm³/mol. The van der Waals surface area contributed by atoms with E-state index in [1.54, 1.807) is 6.07 Å². The van der Waals surface area contributed by atoms with E-state index in [4.69, 9.17) is 16.3 Å². The van der Waals surface area contributed by atoms with Gasteiger partial charge in [-0.15, -0.1) is 0 Å². The molecule has 1 saturated heterocycles. The Hall–Kier alpha value is -1.06. The van der Waals surface area contributed by atoms with Crippen molar-refractivity contribution in [2.75, 3.05) is 13.2 Å². The zero-order valence-corrected chi connectivity index (χ0v) is 10.2. The summed E-state index contributed by atoms with van der Waals surface area (Å²) in [7, 11) is 0. The van der Waals surface area contributed by atoms with Gasteiger partial charge in [0.1, 0.15) is 0 Å². The lowest BCUT2D eigenvalue weighted by Crippen LogP contribution is -2.26. The summed E-state index contributed by atoms with van der Waals surface area (Å²) in [5, 5.41) is 9.92. The molecule has 0 aliphatic carbocycles. The zero-order chi connectivity index (χ0) is 12.3. The Bertz CT molecular complexity index is 399. The van der Waals surface area contributed by atoms with Crippen LogP contribution in [-0.4, -0.2) is 24.3 Å². The largest absolute Gasteiger partial charge is 0.481 e. The first-order valence-corrected chi connectivity index (χ1v) is 6.10. The molecule has 1 fully saturated rings. The molecule has 2 unspecified atom stereocenters. The molecule has 2 atom stereocenters. The lowest BCUT2D eigenvalue weighted by Gasteiger charge is -2.18. The molecule has 0 spiro atoms. The Labute approximate surface area is 105 Å². The summed E-state index contributed by atoms with van der Waals surface area (Å²) < 4.78 is 5.26. The fourth-order valence-corrected chi connectivity index (χ4v) is 2.44. The van der Waals surface area contributed by atoms with E-state index < -0.39 is 11.9 Å². The number of carbonyl (C=O) groups is 1. The van der Waals surface area contributed by atoms with Crippen molar-refractivity contribution >= 4 is 17.6 Å². The van der Waals surface area contributed by atoms with Crippen LogP contribution in [-0.2, 0) is 16.0 Å². The standard InChI is InChI=1S/C13H15ClO3/c14-12-4-2-1-3-9(12)7-11(13(15)16)10-5-6-17-8-10/h1-4,10-11H,5-8H2,(H,15,16). The number of hydrogen-bond donors (Lipinski definition) is 1. The van der Waals surface area contributed by atoms with Crippen molar-refractivity contribution in [1.29, 1.82) is 0 Å². The summed E-state index contributed by atoms with van der Waals surface area (Å²) in [6.07, 6.45) is 1.30. The van der Waals surface area contributed by atoms with Gasteiger partial charge in [0.15, 0.2) is 0 Å². The van der Waals surface area contributed by atoms with Crippen molar-refractivity contribution in [1.82, 2.24) is 0 Å². The maximum atomic E-state index is 11.3. The van der Waals surface area contributed by atoms with E-state index in [1.807, 2.05) is 18.2 Å². The summed E-state index contributed by atoms with van der Waals surface area (Å²) in [5.41, 5.74) is 0.897. The summed E-state index contributed by atoms with van der Waals surface area (Å²) in [6, 6.07) is 7.40. The third-order valence-electron chi connectivity index (χ3n) is 3.25. The number of carboxylic acids is 1. The highest BCUT2D eigenvalue weighted by Crippen LogP contribution is 2.28. The van der Waals surface area contributed by atoms with Crippen LogP contribution in [0.4, 0.5) is 0 Å². The summed E-state index contributed by atoms with van der Waals surface area (Å²) in [6.45, 7) is 1.21. The predicted octanol–water partition coefficient (Wildman–Crippen LogP) is 2.62. The fraction of sp³-hybridized carbons (Fsp3) is 0.462. The maximum Gasteiger partial charge on any atom is 0.307 e. The molecule has 1 aromatic rings. The molecule has 0 saturated carbocycles. The minimum Gasteiger partial charge on any atom is -0.481 e. The Balaban J connectivity index is 2.12. The van der Waals surface area contributed by atoms with Crippen molar-refractivity contribution < 1.29 is 14.6 Å². The van der Waals surface area contributed by atoms with Gasteiger partial charge in [0.25, 0.3) is 0 Å². The van der Waals surface area contributed by atoms with Gasteiger partial charge in [-0.25, -0.2) is 0 Å². The SMILES string of the molecule is O=C(O)C(Cc1ccccc1Cl)C1CCOC1. The topological polar surface area (TPSA) is 46.5 Å². The lowest BCUT2D eigenvalue weighted by molar-refractivity contribution is -0.143. The van der Waals surface area contributed by atoms with Gasteiger partial charge >= 0.3 is 5.97 Å². The van der Waals surface area contributed by atoms with Crippen molar-refractivity contribution in [3.05, 3.63) is 34.9 Å². The number of halogens is 1. The fourth-order valence-electron chi connectivity index (χ4n) is 2.23. The molecule has 1 heterocycles. The molecule has 0 radical (unpaired) electrons. The van der Waals surface area contributed by atoms with Crippen LogP contribution in [0.1, 0.15) is 12.0 Å². The molecule has 0 bridgehead atoms. The van der Waals surface area contributed by atoms with Crippen LogP contribution in [0.2, 0.25) is 5.02 Å². The quantitative estimate of drug-likeness (QED) is 0.899. The monoisotopic (exact) mass is 254 g/mol. The van der Waals surface area contributed by atoms with Crippen molar-refractivity contribution in [2.24, 2.45) is 11.8 Å². The van der Waals surface area contributed by atoms with E-state index in [2.05, 4.69) is 0 Å². The molecular weight excluding hydrogens is 240 g/mol. The first-order chi connectivity index (χ1) is 8.18. The smallest absolute Gasteiger partial charge is 0.307 e. The Morgan fingerprint density at radius 1 is 1.53 bits per heavy atom. The third kappa shape index (κ3) is 2.99. The van der Waals surface area contributed by atoms with Gasteiger partial charge in [-0.3, -0.25) is 4.79 Å². The minimum absolute atomic E-state index is 0.101. The second-order valence-electron chi connectivity index (χ2n) is 4.36. The van der Waals surface area contributed by atoms with Crippen molar-refractivity contribution in [3.63, 3.8) is 0 Å². The third-order valence-corrected chi connectivity index (χ3v) is 3.62. The highest BCUT2D eigenvalue weighted by atomic mass is 35.5. The highest BCUT2D eigenvalue weighted by Gasteiger charge is 2.31. The van der Waals surface area contributed by atoms with E-state index in [-0.39, 0.29) is 5.92 Å². The van der Waals surface area contributed by atoms with Crippen molar-refractivity contribution in [2.45, 2.75) is 12.8 Å². The van der Waals surface area contributed by atoms with E-state index >= 15 is 0 Å². The Morgan fingerprint density at radius 2 is 2.29 bits per heavy atom. The van der Waals surface area contributed by atoms with Gasteiger partial charge in [0.2, 0.25) is 0 Å². The van der Waals surface area contributed by atoms with Crippen LogP contribution >= 0.6 is 11.6 Å². The maximum absolute atomic E-state index is 11.3. The normalized spacial score (nSPS) is 21.4. The van der Waals surface area contributed by atoms with E-state index in [0.29, 0.717) is 24.7 Å². The second kappa shape index (κ2) is 5.52. The number of carboxylic acid groups (broad SMARTS) is 1. The van der Waals surface area contributed by atoms with Crippen molar-refractivity contribution in [3.8, 4) is 0 Å². The zero-order valence-electron chi connectivity index (χ0n) is 9.43. The van der Waals surface area contributed by atoms with Crippen LogP contribution in [0.3, 0.4) is 0 Å². The molecule has 0 amide bonds. The molecule has 92 valence electrons. The number of rotatable bonds is 4. The van der Waals surface area contributed by atoms with Crippen LogP contribution in [0.25, 0.3) is 0 Å². The van der Waals surface area contributed by atoms with Crippen LogP contribution in [0.15, 0.2) is 24.3 Å². The number of benzene rings is 1. The molecule has 1 aromatic carbocycles. The lowest BCUT2D eigenvalue weighted by atomic mass is 9.86. The van der Waals surface area contributed by atoms with Gasteiger partial charge in [-0.05, 0) is 30.4 Å². The van der Waals surface area contributed by atoms with Gasteiger partial charge < -0.3 is 9.84 Å². The molecule has 0 aromatic heterocycles. The van der Waals surface area contributed by atoms with E-state index in [9.17, 15) is 9.90 Å². The summed E-state index contributed by atoms with van der Waals surface area (Å²) in [4.78, 5) is 11.3. The molecule has 3 nitrogen and oxygen atoms in total. The molecular formula is C13H15ClO3. The summed E-state index contributed by atoms with van der Waals surface area (Å²) >= 11 is 6.06. The number of aliphatic carboxylic acids is 1. The van der Waals surface area contributed by atoms with Gasteiger partial charge in [-0.2, -0.15) is 0 Å². The Morgan fingerprint density at radius 3 is 2.88 bits per heavy atom. The molecule has 2 rings (SSSR count). The van der Waals surface area contributed by atoms with E-state index in [1.165, 1.54) is 0 Å². The van der Waals surface area contributed by atoms with Crippen LogP contribution < -0.4 is 0 Å². The molecule has 1 aliphatic rings. The van der Waals surface area contributed by atoms with Crippen LogP contribution in [0.5, 0.6) is 0 Å². The molecule has 4 heteroatoms. The van der Waals surface area contributed by atoms with Gasteiger partial charge in [-0.1, -0.05) is 29.8 Å². The molecule has 1 N–H and O–H groups in total. The highest BCUT2D eigenvalue weighted by molar-refractivity contribution is 6.31. The molecule has 1 aliphatic heterocycles. The van der Waals surface area contributed by atoms with Gasteiger partial charge in [0.05, 0.1) is 12.5 Å². The van der Waals surface area contributed by atoms with E-state index in [0.717, 1.165) is 12.0 Å². The summed E-state index contributed by atoms with van der Waals surface area (Å²) in [5.74, 6) is -1.07. The second-order valence-corrected chi connectivity index (χ2v) is 4.77. The van der Waals surface area contributed by atoms with Crippen LogP contribution in [0, 0.1) is 11.8 Å². The minimum atomic E-state index is -0.764. The Kier molecular flexibility index (Phi) is 4.02. The van der Waals surface area contributed by atoms with Gasteiger partial charge in [0, 0.05) is 11.6 Å².